The van der Waals surface area contributed by atoms with Gasteiger partial charge in [-0.15, -0.1) is 0 Å². The van der Waals surface area contributed by atoms with Crippen molar-refractivity contribution in [3.05, 3.63) is 115 Å². The first-order valence-corrected chi connectivity index (χ1v) is 13.1. The Balaban J connectivity index is 1.42. The predicted molar refractivity (Wildman–Crippen MR) is 146 cm³/mol. The molecule has 0 amide bonds. The molecule has 0 aliphatic carbocycles. The zero-order chi connectivity index (χ0) is 25.4. The van der Waals surface area contributed by atoms with Gasteiger partial charge in [-0.05, 0) is 61.5 Å². The smallest absolute Gasteiger partial charge is 0.261 e. The number of furan rings is 1. The molecule has 0 aliphatic heterocycles. The second-order valence-corrected chi connectivity index (χ2v) is 10.3. The van der Waals surface area contributed by atoms with E-state index in [0.29, 0.717) is 11.5 Å². The molecule has 0 atom stereocenters. The van der Waals surface area contributed by atoms with E-state index in [1.54, 1.807) is 42.6 Å². The molecule has 6 rings (SSSR count). The fraction of sp³-hybridized carbons (Fsp3) is 0.0345. The van der Waals surface area contributed by atoms with E-state index < -0.39 is 10.0 Å². The largest absolute Gasteiger partial charge is 0.454 e. The summed E-state index contributed by atoms with van der Waals surface area (Å²) in [4.78, 5) is 10.7. The van der Waals surface area contributed by atoms with Crippen molar-refractivity contribution in [1.29, 1.82) is 0 Å². The molecule has 0 fully saturated rings. The lowest BCUT2D eigenvalue weighted by Gasteiger charge is -2.24. The summed E-state index contributed by atoms with van der Waals surface area (Å²) < 4.78 is 34.6. The van der Waals surface area contributed by atoms with Crippen LogP contribution in [-0.2, 0) is 10.0 Å². The van der Waals surface area contributed by atoms with Crippen LogP contribution >= 0.6 is 0 Å². The van der Waals surface area contributed by atoms with Crippen LogP contribution in [0, 0.1) is 6.92 Å². The molecule has 2 aromatic heterocycles. The molecule has 6 aromatic rings. The molecule has 2 heterocycles. The highest BCUT2D eigenvalue weighted by Gasteiger charge is 2.20. The summed E-state index contributed by atoms with van der Waals surface area (Å²) in [6.45, 7) is 1.91. The summed E-state index contributed by atoms with van der Waals surface area (Å²) in [5.41, 5.74) is 4.56. The minimum absolute atomic E-state index is 0.210. The van der Waals surface area contributed by atoms with Crippen molar-refractivity contribution in [2.75, 3.05) is 9.62 Å². The van der Waals surface area contributed by atoms with Gasteiger partial charge in [0.15, 0.2) is 5.58 Å². The van der Waals surface area contributed by atoms with E-state index in [1.807, 2.05) is 72.5 Å². The van der Waals surface area contributed by atoms with E-state index in [2.05, 4.69) is 14.7 Å². The van der Waals surface area contributed by atoms with Crippen LogP contribution in [0.1, 0.15) is 5.56 Å². The normalized spacial score (nSPS) is 11.6. The number of hydrogen-bond donors (Lipinski definition) is 1. The molecule has 7 nitrogen and oxygen atoms in total. The zero-order valence-electron chi connectivity index (χ0n) is 19.9. The minimum atomic E-state index is -3.71. The Morgan fingerprint density at radius 2 is 1.57 bits per heavy atom. The van der Waals surface area contributed by atoms with Gasteiger partial charge in [0.1, 0.15) is 17.7 Å². The predicted octanol–water partition coefficient (Wildman–Crippen LogP) is 6.96. The minimum Gasteiger partial charge on any atom is -0.454 e. The maximum atomic E-state index is 12.9. The number of nitrogens with zero attached hydrogens (tertiary/aromatic N) is 3. The molecule has 0 unspecified atom stereocenters. The highest BCUT2D eigenvalue weighted by molar-refractivity contribution is 7.92. The van der Waals surface area contributed by atoms with Gasteiger partial charge < -0.3 is 4.42 Å². The monoisotopic (exact) mass is 506 g/mol. The molecule has 4 aromatic carbocycles. The number of benzene rings is 4. The lowest BCUT2D eigenvalue weighted by atomic mass is 10.1. The van der Waals surface area contributed by atoms with Crippen LogP contribution in [0.25, 0.3) is 21.9 Å². The number of aromatic nitrogens is 2. The fourth-order valence-electron chi connectivity index (χ4n) is 4.33. The first kappa shape index (κ1) is 22.8. The summed E-state index contributed by atoms with van der Waals surface area (Å²) in [5, 5.41) is 2.03. The molecule has 8 heteroatoms. The third-order valence-electron chi connectivity index (χ3n) is 6.13. The second-order valence-electron chi connectivity index (χ2n) is 8.62. The summed E-state index contributed by atoms with van der Waals surface area (Å²) in [6.07, 6.45) is 3.17. The molecule has 182 valence electrons. The number of nitrogens with one attached hydrogen (secondary N) is 1. The Morgan fingerprint density at radius 3 is 2.32 bits per heavy atom. The van der Waals surface area contributed by atoms with Crippen molar-refractivity contribution < 1.29 is 12.8 Å². The maximum absolute atomic E-state index is 12.9. The van der Waals surface area contributed by atoms with Crippen molar-refractivity contribution in [2.24, 2.45) is 0 Å². The molecule has 0 radical (unpaired) electrons. The van der Waals surface area contributed by atoms with Crippen molar-refractivity contribution in [1.82, 2.24) is 9.97 Å². The van der Waals surface area contributed by atoms with Crippen LogP contribution in [0.2, 0.25) is 0 Å². The molecule has 0 saturated heterocycles. The van der Waals surface area contributed by atoms with Gasteiger partial charge in [-0.1, -0.05) is 48.0 Å². The fourth-order valence-corrected chi connectivity index (χ4v) is 5.39. The van der Waals surface area contributed by atoms with Gasteiger partial charge >= 0.3 is 0 Å². The Labute approximate surface area is 214 Å². The summed E-state index contributed by atoms with van der Waals surface area (Å²) in [7, 11) is -3.71. The van der Waals surface area contributed by atoms with Crippen LogP contribution in [0.15, 0.2) is 119 Å². The number of fused-ring (bicyclic) bond motifs is 3. The number of rotatable bonds is 6. The zero-order valence-corrected chi connectivity index (χ0v) is 20.7. The molecule has 0 aliphatic rings. The summed E-state index contributed by atoms with van der Waals surface area (Å²) in [5.74, 6) is 0.649. The van der Waals surface area contributed by atoms with Crippen LogP contribution in [0.4, 0.5) is 22.9 Å². The number of hydrogen-bond acceptors (Lipinski definition) is 6. The third kappa shape index (κ3) is 4.28. The average Bonchev–Trinajstić information content (AvgIpc) is 3.30. The van der Waals surface area contributed by atoms with E-state index in [4.69, 9.17) is 4.42 Å². The van der Waals surface area contributed by atoms with Crippen molar-refractivity contribution in [3.8, 4) is 0 Å². The summed E-state index contributed by atoms with van der Waals surface area (Å²) >= 11 is 0. The highest BCUT2D eigenvalue weighted by atomic mass is 32.2. The molecule has 0 spiro atoms. The van der Waals surface area contributed by atoms with E-state index in [1.165, 1.54) is 6.33 Å². The highest BCUT2D eigenvalue weighted by Crippen LogP contribution is 2.41. The number of aryl methyl sites for hydroxylation is 1. The van der Waals surface area contributed by atoms with Gasteiger partial charge in [-0.25, -0.2) is 18.4 Å². The molecule has 0 bridgehead atoms. The summed E-state index contributed by atoms with van der Waals surface area (Å²) in [6, 6.07) is 29.6. The van der Waals surface area contributed by atoms with Gasteiger partial charge in [0.05, 0.1) is 10.6 Å². The molecular weight excluding hydrogens is 484 g/mol. The maximum Gasteiger partial charge on any atom is 0.261 e. The first-order chi connectivity index (χ1) is 18.0. The number of sulfonamides is 1. The number of anilines is 4. The van der Waals surface area contributed by atoms with Gasteiger partial charge in [0.2, 0.25) is 0 Å². The molecule has 0 saturated carbocycles. The lowest BCUT2D eigenvalue weighted by molar-refractivity contribution is 0.601. The van der Waals surface area contributed by atoms with Crippen LogP contribution in [0.5, 0.6) is 0 Å². The van der Waals surface area contributed by atoms with Crippen molar-refractivity contribution in [2.45, 2.75) is 11.8 Å². The Kier molecular flexibility index (Phi) is 5.58. The Bertz CT molecular complexity index is 1820. The van der Waals surface area contributed by atoms with Gasteiger partial charge in [0.25, 0.3) is 10.0 Å². The van der Waals surface area contributed by atoms with Gasteiger partial charge in [-0.2, -0.15) is 0 Å². The second kappa shape index (κ2) is 9.07. The van der Waals surface area contributed by atoms with Crippen molar-refractivity contribution >= 4 is 54.8 Å². The van der Waals surface area contributed by atoms with Crippen LogP contribution < -0.4 is 9.62 Å². The molecular formula is C29H22N4O3S. The van der Waals surface area contributed by atoms with E-state index in [9.17, 15) is 8.42 Å². The lowest BCUT2D eigenvalue weighted by Crippen LogP contribution is -2.14. The third-order valence-corrected chi connectivity index (χ3v) is 7.53. The quantitative estimate of drug-likeness (QED) is 0.263. The SMILES string of the molecule is Cc1ccc(S(=O)(=O)Nc2ccc(N(c3ccncn3)c3cccc4c3oc3ccccc34)cc2)cc1. The number of para-hydroxylation sites is 2. The van der Waals surface area contributed by atoms with Gasteiger partial charge in [0, 0.05) is 28.3 Å². The van der Waals surface area contributed by atoms with E-state index in [-0.39, 0.29) is 4.90 Å². The topological polar surface area (TPSA) is 88.3 Å². The van der Waals surface area contributed by atoms with E-state index in [0.717, 1.165) is 38.9 Å². The standard InChI is InChI=1S/C29H22N4O3S/c1-20-9-15-23(16-10-20)37(34,35)32-21-11-13-22(14-12-21)33(28-17-18-30-19-31-28)26-7-4-6-25-24-5-2-3-8-27(24)36-29(25)26/h2-19,32H,1H3. The molecule has 37 heavy (non-hydrogen) atoms. The first-order valence-electron chi connectivity index (χ1n) is 11.7. The Hall–Kier alpha value is -4.69. The average molecular weight is 507 g/mol. The van der Waals surface area contributed by atoms with Crippen LogP contribution in [-0.4, -0.2) is 18.4 Å². The van der Waals surface area contributed by atoms with E-state index >= 15 is 0 Å². The molecule has 1 N–H and O–H groups in total. The Morgan fingerprint density at radius 1 is 0.811 bits per heavy atom. The van der Waals surface area contributed by atoms with Gasteiger partial charge in [-0.3, -0.25) is 9.62 Å². The van der Waals surface area contributed by atoms with Crippen molar-refractivity contribution in [3.63, 3.8) is 0 Å². The van der Waals surface area contributed by atoms with Crippen LogP contribution in [0.3, 0.4) is 0 Å².